The number of unbranched alkanes of at least 4 members (excludes halogenated alkanes) is 1. The average molecular weight is 449 g/mol. The van der Waals surface area contributed by atoms with Crippen molar-refractivity contribution in [3.05, 3.63) is 55.6 Å². The maximum Gasteiger partial charge on any atom is 0.276 e. The summed E-state index contributed by atoms with van der Waals surface area (Å²) < 4.78 is 1.03. The van der Waals surface area contributed by atoms with E-state index in [1.54, 1.807) is 28.1 Å². The smallest absolute Gasteiger partial charge is 0.276 e. The minimum absolute atomic E-state index is 0.123. The van der Waals surface area contributed by atoms with Crippen LogP contribution in [0.2, 0.25) is 0 Å². The van der Waals surface area contributed by atoms with Crippen molar-refractivity contribution in [1.29, 1.82) is 0 Å². The summed E-state index contributed by atoms with van der Waals surface area (Å²) in [5.74, 6) is 0.809. The summed E-state index contributed by atoms with van der Waals surface area (Å²) in [6, 6.07) is 11.8. The number of nitrogens with one attached hydrogen (secondary N) is 1. The van der Waals surface area contributed by atoms with E-state index in [2.05, 4.69) is 28.2 Å². The normalized spacial score (nSPS) is 18.6. The van der Waals surface area contributed by atoms with Crippen LogP contribution in [0.4, 0.5) is 0 Å². The molecule has 0 radical (unpaired) electrons. The van der Waals surface area contributed by atoms with Crippen molar-refractivity contribution < 1.29 is 4.79 Å². The molecule has 0 bridgehead atoms. The molecule has 0 saturated heterocycles. The summed E-state index contributed by atoms with van der Waals surface area (Å²) in [6.45, 7) is 2.15. The second-order valence-corrected chi connectivity index (χ2v) is 9.49. The van der Waals surface area contributed by atoms with Gasteiger partial charge in [-0.25, -0.2) is 5.01 Å². The molecule has 1 atom stereocenters. The highest BCUT2D eigenvalue weighted by molar-refractivity contribution is 9.11. The number of halogens is 1. The van der Waals surface area contributed by atoms with Crippen molar-refractivity contribution in [1.82, 2.24) is 10.3 Å². The third-order valence-corrected chi connectivity index (χ3v) is 6.71. The largest absolute Gasteiger partial charge is 0.298 e. The quantitative estimate of drug-likeness (QED) is 0.730. The van der Waals surface area contributed by atoms with E-state index in [0.29, 0.717) is 10.9 Å². The number of para-hydroxylation sites is 1. The van der Waals surface area contributed by atoms with E-state index in [-0.39, 0.29) is 12.1 Å². The predicted molar refractivity (Wildman–Crippen MR) is 110 cm³/mol. The Morgan fingerprint density at radius 1 is 1.31 bits per heavy atom. The standard InChI is InChI=1S/C18H17BrN4OS2/c1-2-3-10-25-18-21-17(24)15-11-6-4-5-7-12(11)20-16(23(15)22-18)13-8-9-14(19)26-13/h4-9,16H,2-3,10H2,1H3,(H,21,22,24)/t16-/m0/s1. The molecular formula is C18H17BrN4OS2. The highest BCUT2D eigenvalue weighted by atomic mass is 79.9. The number of carbonyl (C=O) groups is 1. The Morgan fingerprint density at radius 2 is 2.15 bits per heavy atom. The van der Waals surface area contributed by atoms with E-state index < -0.39 is 0 Å². The predicted octanol–water partition coefficient (Wildman–Crippen LogP) is 3.19. The molecule has 1 aromatic heterocycles. The fraction of sp³-hybridized carbons (Fsp3) is 0.278. The minimum atomic E-state index is -0.330. The summed E-state index contributed by atoms with van der Waals surface area (Å²) in [5, 5.41) is 11.7. The lowest BCUT2D eigenvalue weighted by molar-refractivity contribution is -0.116. The molecule has 1 aromatic carbocycles. The number of hydrazone groups is 1. The van der Waals surface area contributed by atoms with Crippen LogP contribution in [0.15, 0.2) is 50.3 Å². The number of hydrogen-bond donors (Lipinski definition) is 1. The molecule has 134 valence electrons. The van der Waals surface area contributed by atoms with Crippen LogP contribution < -0.4 is 15.9 Å². The fourth-order valence-corrected chi connectivity index (χ4v) is 5.24. The van der Waals surface area contributed by atoms with Gasteiger partial charge in [0.1, 0.15) is 5.70 Å². The highest BCUT2D eigenvalue weighted by Gasteiger charge is 2.34. The SMILES string of the molecule is CCCCSC1=NN2C(=c3ccccc3=N[C@@H]2c2ccc(Br)s2)C(=O)N1. The molecule has 26 heavy (non-hydrogen) atoms. The van der Waals surface area contributed by atoms with Gasteiger partial charge in [-0.2, -0.15) is 0 Å². The summed E-state index contributed by atoms with van der Waals surface area (Å²) in [4.78, 5) is 18.8. The summed E-state index contributed by atoms with van der Waals surface area (Å²) in [6.07, 6.45) is 1.87. The lowest BCUT2D eigenvalue weighted by Crippen LogP contribution is -2.50. The van der Waals surface area contributed by atoms with Crippen molar-refractivity contribution in [3.8, 4) is 0 Å². The van der Waals surface area contributed by atoms with Gasteiger partial charge >= 0.3 is 0 Å². The van der Waals surface area contributed by atoms with Crippen molar-refractivity contribution in [2.45, 2.75) is 25.9 Å². The van der Waals surface area contributed by atoms with Crippen LogP contribution in [0, 0.1) is 0 Å². The zero-order valence-electron chi connectivity index (χ0n) is 14.1. The van der Waals surface area contributed by atoms with Crippen molar-refractivity contribution in [3.63, 3.8) is 0 Å². The van der Waals surface area contributed by atoms with Crippen LogP contribution in [0.3, 0.4) is 0 Å². The molecule has 8 heteroatoms. The zero-order valence-corrected chi connectivity index (χ0v) is 17.3. The van der Waals surface area contributed by atoms with Gasteiger partial charge in [-0.05, 0) is 40.5 Å². The van der Waals surface area contributed by atoms with E-state index >= 15 is 0 Å². The van der Waals surface area contributed by atoms with E-state index in [4.69, 9.17) is 10.1 Å². The Kier molecular flexibility index (Phi) is 5.15. The first-order chi connectivity index (χ1) is 12.7. The van der Waals surface area contributed by atoms with E-state index in [0.717, 1.165) is 37.8 Å². The monoisotopic (exact) mass is 448 g/mol. The molecule has 1 amide bonds. The second kappa shape index (κ2) is 7.54. The molecule has 2 aromatic rings. The minimum Gasteiger partial charge on any atom is -0.298 e. The van der Waals surface area contributed by atoms with Gasteiger partial charge in [-0.15, -0.1) is 16.4 Å². The van der Waals surface area contributed by atoms with E-state index in [9.17, 15) is 4.79 Å². The number of thioether (sulfide) groups is 1. The van der Waals surface area contributed by atoms with Crippen molar-refractivity contribution >= 4 is 55.8 Å². The Hall–Kier alpha value is -1.64. The molecule has 0 aliphatic carbocycles. The third kappa shape index (κ3) is 3.33. The number of amides is 1. The topological polar surface area (TPSA) is 57.1 Å². The van der Waals surface area contributed by atoms with Crippen LogP contribution >= 0.6 is 39.0 Å². The van der Waals surface area contributed by atoms with Gasteiger partial charge in [0, 0.05) is 11.0 Å². The Labute approximate surface area is 168 Å². The number of rotatable bonds is 4. The maximum atomic E-state index is 12.9. The van der Waals surface area contributed by atoms with Gasteiger partial charge in [0.2, 0.25) is 0 Å². The Bertz CT molecular complexity index is 1000. The molecule has 3 heterocycles. The number of carbonyl (C=O) groups excluding carboxylic acids is 1. The first-order valence-electron chi connectivity index (χ1n) is 8.42. The lowest BCUT2D eigenvalue weighted by Gasteiger charge is -2.33. The molecule has 2 aliphatic rings. The van der Waals surface area contributed by atoms with Crippen LogP contribution in [0.5, 0.6) is 0 Å². The molecule has 4 rings (SSSR count). The number of benzene rings is 1. The van der Waals surface area contributed by atoms with Gasteiger partial charge in [0.15, 0.2) is 11.3 Å². The summed E-state index contributed by atoms with van der Waals surface area (Å²) in [7, 11) is 0. The summed E-state index contributed by atoms with van der Waals surface area (Å²) in [5.41, 5.74) is 0.560. The number of fused-ring (bicyclic) bond motifs is 2. The fourth-order valence-electron chi connectivity index (χ4n) is 2.86. The van der Waals surface area contributed by atoms with Gasteiger partial charge in [-0.1, -0.05) is 43.3 Å². The number of hydrogen-bond acceptors (Lipinski definition) is 6. The van der Waals surface area contributed by atoms with Gasteiger partial charge in [0.05, 0.1) is 14.0 Å². The molecule has 0 fully saturated rings. The molecule has 1 N–H and O–H groups in total. The van der Waals surface area contributed by atoms with E-state index in [1.165, 1.54) is 0 Å². The molecule has 0 saturated carbocycles. The molecular weight excluding hydrogens is 432 g/mol. The summed E-state index contributed by atoms with van der Waals surface area (Å²) >= 11 is 6.71. The zero-order chi connectivity index (χ0) is 18.1. The van der Waals surface area contributed by atoms with Crippen molar-refractivity contribution in [2.24, 2.45) is 10.1 Å². The van der Waals surface area contributed by atoms with Crippen LogP contribution in [-0.4, -0.2) is 21.8 Å². The van der Waals surface area contributed by atoms with Crippen LogP contribution in [0.1, 0.15) is 30.8 Å². The molecule has 0 spiro atoms. The Morgan fingerprint density at radius 3 is 2.92 bits per heavy atom. The van der Waals surface area contributed by atoms with Crippen molar-refractivity contribution in [2.75, 3.05) is 5.75 Å². The van der Waals surface area contributed by atoms with E-state index in [1.807, 2.05) is 36.4 Å². The van der Waals surface area contributed by atoms with Crippen LogP contribution in [-0.2, 0) is 4.79 Å². The van der Waals surface area contributed by atoms with Gasteiger partial charge < -0.3 is 0 Å². The average Bonchev–Trinajstić information content (AvgIpc) is 3.07. The van der Waals surface area contributed by atoms with Gasteiger partial charge in [0.25, 0.3) is 5.91 Å². The molecule has 2 aliphatic heterocycles. The number of nitrogens with zero attached hydrogens (tertiary/aromatic N) is 3. The van der Waals surface area contributed by atoms with Crippen LogP contribution in [0.25, 0.3) is 5.70 Å². The lowest BCUT2D eigenvalue weighted by atomic mass is 10.1. The maximum absolute atomic E-state index is 12.9. The first-order valence-corrected chi connectivity index (χ1v) is 11.0. The highest BCUT2D eigenvalue weighted by Crippen LogP contribution is 2.35. The Balaban J connectivity index is 1.83. The van der Waals surface area contributed by atoms with Gasteiger partial charge in [-0.3, -0.25) is 15.1 Å². The molecule has 0 unspecified atom stereocenters. The number of thiophene rings is 1. The number of amidine groups is 1. The first kappa shape index (κ1) is 17.8. The molecule has 5 nitrogen and oxygen atoms in total. The second-order valence-electron chi connectivity index (χ2n) is 5.92. The third-order valence-electron chi connectivity index (χ3n) is 4.10.